The first-order valence-corrected chi connectivity index (χ1v) is 11.1. The van der Waals surface area contributed by atoms with Gasteiger partial charge in [0.25, 0.3) is 5.91 Å². The van der Waals surface area contributed by atoms with Crippen molar-refractivity contribution in [3.05, 3.63) is 52.3 Å². The van der Waals surface area contributed by atoms with Gasteiger partial charge in [0.2, 0.25) is 10.0 Å². The number of rotatable bonds is 9. The molecule has 10 heteroatoms. The maximum atomic E-state index is 12.8. The molecule has 1 heterocycles. The van der Waals surface area contributed by atoms with E-state index in [1.807, 2.05) is 0 Å². The van der Waals surface area contributed by atoms with E-state index < -0.39 is 16.0 Å². The first-order valence-electron chi connectivity index (χ1n) is 9.69. The molecule has 9 nitrogen and oxygen atoms in total. The van der Waals surface area contributed by atoms with Crippen molar-refractivity contribution in [2.24, 2.45) is 0 Å². The number of benzene rings is 1. The smallest absolute Gasteiger partial charge is 0.340 e. The predicted octanol–water partition coefficient (Wildman–Crippen LogP) is 2.18. The molecular formula is C21H29N3O6S. The van der Waals surface area contributed by atoms with Gasteiger partial charge in [-0.2, -0.15) is 0 Å². The van der Waals surface area contributed by atoms with Crippen LogP contribution in [0, 0.1) is 13.8 Å². The minimum Gasteiger partial charge on any atom is -0.460 e. The van der Waals surface area contributed by atoms with Gasteiger partial charge in [0.1, 0.15) is 12.3 Å². The normalized spacial score (nSPS) is 12.6. The third-order valence-electron chi connectivity index (χ3n) is 4.90. The summed E-state index contributed by atoms with van der Waals surface area (Å²) in [5.41, 5.74) is 2.38. The highest BCUT2D eigenvalue weighted by Gasteiger charge is 2.24. The second-order valence-corrected chi connectivity index (χ2v) is 9.46. The molecule has 0 saturated heterocycles. The topological polar surface area (TPSA) is 118 Å². The molecule has 1 aromatic carbocycles. The average molecular weight is 452 g/mol. The minimum atomic E-state index is -3.52. The van der Waals surface area contributed by atoms with E-state index in [0.717, 1.165) is 9.87 Å². The Morgan fingerprint density at radius 1 is 1.13 bits per heavy atom. The lowest BCUT2D eigenvalue weighted by Crippen LogP contribution is -2.27. The maximum Gasteiger partial charge on any atom is 0.340 e. The number of carbonyl (C=O) groups is 2. The number of hydrogen-bond acceptors (Lipinski definition) is 6. The van der Waals surface area contributed by atoms with Gasteiger partial charge in [0.15, 0.2) is 0 Å². The van der Waals surface area contributed by atoms with Gasteiger partial charge in [-0.25, -0.2) is 17.5 Å². The number of nitrogens with one attached hydrogen (secondary N) is 2. The van der Waals surface area contributed by atoms with Crippen LogP contribution in [-0.4, -0.2) is 64.0 Å². The number of aromatic nitrogens is 1. The van der Waals surface area contributed by atoms with Gasteiger partial charge in [-0.1, -0.05) is 12.1 Å². The Bertz CT molecular complexity index is 1040. The predicted molar refractivity (Wildman–Crippen MR) is 116 cm³/mol. The zero-order chi connectivity index (χ0) is 23.3. The lowest BCUT2D eigenvalue weighted by molar-refractivity contribution is 0.0386. The van der Waals surface area contributed by atoms with Crippen molar-refractivity contribution in [3.63, 3.8) is 0 Å². The van der Waals surface area contributed by atoms with Crippen molar-refractivity contribution in [1.29, 1.82) is 0 Å². The summed E-state index contributed by atoms with van der Waals surface area (Å²) in [5.74, 6) is -0.901. The van der Waals surface area contributed by atoms with Crippen LogP contribution in [0.1, 0.15) is 50.6 Å². The fourth-order valence-electron chi connectivity index (χ4n) is 3.06. The van der Waals surface area contributed by atoms with E-state index >= 15 is 0 Å². The number of amides is 1. The van der Waals surface area contributed by atoms with Gasteiger partial charge in [-0.15, -0.1) is 0 Å². The fourth-order valence-corrected chi connectivity index (χ4v) is 3.97. The highest BCUT2D eigenvalue weighted by Crippen LogP contribution is 2.22. The lowest BCUT2D eigenvalue weighted by Gasteiger charge is -2.16. The van der Waals surface area contributed by atoms with E-state index in [9.17, 15) is 18.0 Å². The third-order valence-corrected chi connectivity index (χ3v) is 6.72. The first-order chi connectivity index (χ1) is 14.5. The summed E-state index contributed by atoms with van der Waals surface area (Å²) in [7, 11) is 0.926. The molecule has 0 aliphatic rings. The Hall–Kier alpha value is -2.69. The molecule has 0 radical (unpaired) electrons. The minimum absolute atomic E-state index is 0.123. The molecule has 2 N–H and O–H groups in total. The van der Waals surface area contributed by atoms with Gasteiger partial charge < -0.3 is 19.8 Å². The number of carbonyl (C=O) groups excluding carboxylic acids is 2. The number of methoxy groups -OCH3 is 1. The van der Waals surface area contributed by atoms with Crippen molar-refractivity contribution in [3.8, 4) is 0 Å². The van der Waals surface area contributed by atoms with Crippen LogP contribution in [0.25, 0.3) is 0 Å². The number of aromatic amines is 1. The summed E-state index contributed by atoms with van der Waals surface area (Å²) in [6, 6.07) is 5.94. The van der Waals surface area contributed by atoms with E-state index in [4.69, 9.17) is 9.47 Å². The van der Waals surface area contributed by atoms with Gasteiger partial charge in [0.05, 0.1) is 23.1 Å². The van der Waals surface area contributed by atoms with Gasteiger partial charge in [-0.3, -0.25) is 4.79 Å². The highest BCUT2D eigenvalue weighted by molar-refractivity contribution is 7.89. The molecular weight excluding hydrogens is 422 g/mol. The molecule has 31 heavy (non-hydrogen) atoms. The van der Waals surface area contributed by atoms with Crippen molar-refractivity contribution in [2.45, 2.75) is 31.7 Å². The van der Waals surface area contributed by atoms with Crippen molar-refractivity contribution in [2.75, 3.05) is 34.4 Å². The van der Waals surface area contributed by atoms with Crippen LogP contribution in [0.3, 0.4) is 0 Å². The number of hydrogen-bond donors (Lipinski definition) is 2. The molecule has 1 aromatic heterocycles. The van der Waals surface area contributed by atoms with Gasteiger partial charge >= 0.3 is 5.97 Å². The second kappa shape index (κ2) is 10.1. The van der Waals surface area contributed by atoms with E-state index in [-0.39, 0.29) is 35.8 Å². The molecule has 1 amide bonds. The van der Waals surface area contributed by atoms with E-state index in [1.165, 1.54) is 33.3 Å². The van der Waals surface area contributed by atoms with Crippen LogP contribution < -0.4 is 5.32 Å². The molecule has 2 rings (SSSR count). The number of esters is 1. The molecule has 0 bridgehead atoms. The Labute approximate surface area is 182 Å². The first kappa shape index (κ1) is 24.6. The van der Waals surface area contributed by atoms with Crippen molar-refractivity contribution in [1.82, 2.24) is 14.6 Å². The van der Waals surface area contributed by atoms with Crippen LogP contribution in [0.5, 0.6) is 0 Å². The monoisotopic (exact) mass is 451 g/mol. The van der Waals surface area contributed by atoms with Crippen LogP contribution >= 0.6 is 0 Å². The summed E-state index contributed by atoms with van der Waals surface area (Å²) in [4.78, 5) is 28.2. The molecule has 0 aliphatic carbocycles. The Kier molecular flexibility index (Phi) is 7.99. The molecule has 0 fully saturated rings. The summed E-state index contributed by atoms with van der Waals surface area (Å²) in [6.45, 7) is 5.57. The van der Waals surface area contributed by atoms with E-state index in [0.29, 0.717) is 16.8 Å². The lowest BCUT2D eigenvalue weighted by atomic mass is 10.1. The average Bonchev–Trinajstić information content (AvgIpc) is 3.02. The second-order valence-electron chi connectivity index (χ2n) is 7.31. The standard InChI is InChI=1S/C21H29N3O6S/c1-13-18(21(26)30-12-11-29-6)15(3)22-19(13)20(25)23-14(2)16-7-9-17(10-8-16)31(27,28)24(4)5/h7-10,14,22H,11-12H2,1-6H3,(H,23,25). The molecule has 0 saturated carbocycles. The molecule has 1 atom stereocenters. The van der Waals surface area contributed by atoms with Crippen molar-refractivity contribution < 1.29 is 27.5 Å². The Morgan fingerprint density at radius 2 is 1.74 bits per heavy atom. The van der Waals surface area contributed by atoms with Gasteiger partial charge in [-0.05, 0) is 44.0 Å². The zero-order valence-corrected chi connectivity index (χ0v) is 19.4. The van der Waals surface area contributed by atoms with Crippen molar-refractivity contribution >= 4 is 21.9 Å². The van der Waals surface area contributed by atoms with E-state index in [2.05, 4.69) is 10.3 Å². The van der Waals surface area contributed by atoms with Crippen LogP contribution in [0.4, 0.5) is 0 Å². The molecule has 0 aliphatic heterocycles. The summed E-state index contributed by atoms with van der Waals surface area (Å²) in [5, 5.41) is 2.86. The fraction of sp³-hybridized carbons (Fsp3) is 0.429. The zero-order valence-electron chi connectivity index (χ0n) is 18.6. The Morgan fingerprint density at radius 3 is 2.29 bits per heavy atom. The third kappa shape index (κ3) is 5.52. The highest BCUT2D eigenvalue weighted by atomic mass is 32.2. The van der Waals surface area contributed by atoms with Crippen LogP contribution in [-0.2, 0) is 19.5 Å². The van der Waals surface area contributed by atoms with Gasteiger partial charge in [0, 0.05) is 26.9 Å². The van der Waals surface area contributed by atoms with Crippen LogP contribution in [0.15, 0.2) is 29.2 Å². The molecule has 170 valence electrons. The quantitative estimate of drug-likeness (QED) is 0.446. The molecule has 0 spiro atoms. The summed E-state index contributed by atoms with van der Waals surface area (Å²) < 4.78 is 35.6. The molecule has 2 aromatic rings. The summed E-state index contributed by atoms with van der Waals surface area (Å²) in [6.07, 6.45) is 0. The SMILES string of the molecule is COCCOC(=O)c1c(C)[nH]c(C(=O)NC(C)c2ccc(S(=O)(=O)N(C)C)cc2)c1C. The number of sulfonamides is 1. The number of ether oxygens (including phenoxy) is 2. The van der Waals surface area contributed by atoms with Crippen LogP contribution in [0.2, 0.25) is 0 Å². The Balaban J connectivity index is 2.15. The number of aryl methyl sites for hydroxylation is 1. The molecule has 1 unspecified atom stereocenters. The number of H-pyrrole nitrogens is 1. The maximum absolute atomic E-state index is 12.8. The van der Waals surface area contributed by atoms with E-state index in [1.54, 1.807) is 32.9 Å². The summed E-state index contributed by atoms with van der Waals surface area (Å²) >= 11 is 0. The number of nitrogens with zero attached hydrogens (tertiary/aromatic N) is 1. The largest absolute Gasteiger partial charge is 0.460 e.